The van der Waals surface area contributed by atoms with Crippen molar-refractivity contribution in [2.45, 2.75) is 25.2 Å². The number of hydrogen-bond acceptors (Lipinski definition) is 3. The summed E-state index contributed by atoms with van der Waals surface area (Å²) < 4.78 is 19.5. The number of likely N-dealkylation sites (tertiary alicyclic amines) is 1. The summed E-state index contributed by atoms with van der Waals surface area (Å²) in [7, 11) is 0. The van der Waals surface area contributed by atoms with Crippen molar-refractivity contribution >= 4 is 6.03 Å². The number of pyridine rings is 1. The summed E-state index contributed by atoms with van der Waals surface area (Å²) in [5.74, 6) is 0.387. The number of halogens is 1. The molecule has 3 heterocycles. The number of hydrogen-bond donors (Lipinski definition) is 0. The highest BCUT2D eigenvalue weighted by atomic mass is 19.1. The molecule has 134 valence electrons. The molecule has 2 aliphatic heterocycles. The summed E-state index contributed by atoms with van der Waals surface area (Å²) in [6.07, 6.45) is 13.7. The van der Waals surface area contributed by atoms with Crippen molar-refractivity contribution in [3.05, 3.63) is 78.1 Å². The Morgan fingerprint density at radius 1 is 1.38 bits per heavy atom. The Bertz CT molecular complexity index is 814. The lowest BCUT2D eigenvalue weighted by Gasteiger charge is -2.26. The predicted octanol–water partition coefficient (Wildman–Crippen LogP) is 4.21. The van der Waals surface area contributed by atoms with E-state index in [-0.39, 0.29) is 11.9 Å². The van der Waals surface area contributed by atoms with Crippen molar-refractivity contribution in [1.82, 2.24) is 14.8 Å². The first-order valence-corrected chi connectivity index (χ1v) is 8.80. The Hall–Kier alpha value is -2.89. The van der Waals surface area contributed by atoms with Gasteiger partial charge in [0.25, 0.3) is 0 Å². The van der Waals surface area contributed by atoms with Crippen molar-refractivity contribution in [1.29, 1.82) is 0 Å². The van der Waals surface area contributed by atoms with Gasteiger partial charge in [0, 0.05) is 43.2 Å². The Kier molecular flexibility index (Phi) is 4.56. The lowest BCUT2D eigenvalue weighted by molar-refractivity contribution is 0.185. The van der Waals surface area contributed by atoms with E-state index in [1.165, 1.54) is 17.2 Å². The number of aromatic nitrogens is 1. The van der Waals surface area contributed by atoms with Crippen LogP contribution in [0, 0.1) is 0 Å². The average molecular weight is 353 g/mol. The van der Waals surface area contributed by atoms with Gasteiger partial charge in [0.05, 0.1) is 6.20 Å². The number of carbonyl (C=O) groups is 1. The van der Waals surface area contributed by atoms with Gasteiger partial charge in [-0.15, -0.1) is 0 Å². The molecule has 1 fully saturated rings. The molecule has 0 aromatic carbocycles. The van der Waals surface area contributed by atoms with Gasteiger partial charge in [-0.3, -0.25) is 9.88 Å². The SMILES string of the molecule is O=C(N1C=COC(C2=C(F)C=CCC2)=C1)N1CCC(c2cccnc2)C1. The second-order valence-electron chi connectivity index (χ2n) is 6.57. The van der Waals surface area contributed by atoms with Gasteiger partial charge in [0.15, 0.2) is 0 Å². The summed E-state index contributed by atoms with van der Waals surface area (Å²) in [4.78, 5) is 20.3. The van der Waals surface area contributed by atoms with E-state index in [0.717, 1.165) is 18.4 Å². The van der Waals surface area contributed by atoms with Crippen molar-refractivity contribution < 1.29 is 13.9 Å². The number of nitrogens with zero attached hydrogens (tertiary/aromatic N) is 3. The van der Waals surface area contributed by atoms with Crippen LogP contribution in [0.1, 0.15) is 30.7 Å². The van der Waals surface area contributed by atoms with Crippen LogP contribution in [-0.2, 0) is 4.74 Å². The molecular weight excluding hydrogens is 333 g/mol. The summed E-state index contributed by atoms with van der Waals surface area (Å²) >= 11 is 0. The summed E-state index contributed by atoms with van der Waals surface area (Å²) in [6, 6.07) is 3.84. The fourth-order valence-corrected chi connectivity index (χ4v) is 3.50. The lowest BCUT2D eigenvalue weighted by Crippen LogP contribution is -2.37. The van der Waals surface area contributed by atoms with Gasteiger partial charge < -0.3 is 9.64 Å². The Labute approximate surface area is 151 Å². The average Bonchev–Trinajstić information content (AvgIpc) is 3.19. The van der Waals surface area contributed by atoms with Crippen molar-refractivity contribution in [3.63, 3.8) is 0 Å². The van der Waals surface area contributed by atoms with Crippen LogP contribution in [0.25, 0.3) is 0 Å². The fourth-order valence-electron chi connectivity index (χ4n) is 3.50. The molecule has 4 rings (SSSR count). The molecule has 1 aromatic heterocycles. The van der Waals surface area contributed by atoms with E-state index in [1.54, 1.807) is 24.7 Å². The third-order valence-electron chi connectivity index (χ3n) is 4.92. The van der Waals surface area contributed by atoms with Crippen LogP contribution in [0.5, 0.6) is 0 Å². The third kappa shape index (κ3) is 3.27. The first-order chi connectivity index (χ1) is 12.7. The van der Waals surface area contributed by atoms with Crippen LogP contribution < -0.4 is 0 Å². The molecule has 0 N–H and O–H groups in total. The van der Waals surface area contributed by atoms with Crippen molar-refractivity contribution in [3.8, 4) is 0 Å². The van der Waals surface area contributed by atoms with E-state index in [1.807, 2.05) is 23.2 Å². The van der Waals surface area contributed by atoms with Crippen LogP contribution in [0.3, 0.4) is 0 Å². The van der Waals surface area contributed by atoms with Gasteiger partial charge in [-0.1, -0.05) is 12.1 Å². The predicted molar refractivity (Wildman–Crippen MR) is 95.2 cm³/mol. The molecule has 0 saturated carbocycles. The molecule has 26 heavy (non-hydrogen) atoms. The molecular formula is C20H20FN3O2. The van der Waals surface area contributed by atoms with Crippen LogP contribution >= 0.6 is 0 Å². The van der Waals surface area contributed by atoms with Crippen molar-refractivity contribution in [2.75, 3.05) is 13.1 Å². The zero-order chi connectivity index (χ0) is 17.9. The molecule has 1 aliphatic carbocycles. The van der Waals surface area contributed by atoms with Crippen LogP contribution in [0.2, 0.25) is 0 Å². The molecule has 5 nitrogen and oxygen atoms in total. The highest BCUT2D eigenvalue weighted by Gasteiger charge is 2.30. The molecule has 1 atom stereocenters. The molecule has 1 unspecified atom stereocenters. The minimum Gasteiger partial charge on any atom is -0.462 e. The lowest BCUT2D eigenvalue weighted by atomic mass is 10.0. The number of rotatable bonds is 2. The Morgan fingerprint density at radius 2 is 2.31 bits per heavy atom. The highest BCUT2D eigenvalue weighted by molar-refractivity contribution is 5.77. The van der Waals surface area contributed by atoms with Gasteiger partial charge in [0.1, 0.15) is 17.8 Å². The van der Waals surface area contributed by atoms with Gasteiger partial charge in [-0.25, -0.2) is 9.18 Å². The Balaban J connectivity index is 1.47. The smallest absolute Gasteiger partial charge is 0.328 e. The molecule has 0 spiro atoms. The van der Waals surface area contributed by atoms with E-state index in [4.69, 9.17) is 4.74 Å². The van der Waals surface area contributed by atoms with Crippen molar-refractivity contribution in [2.24, 2.45) is 0 Å². The second kappa shape index (κ2) is 7.15. The standard InChI is InChI=1S/C20H20FN3O2/c21-18-6-2-1-5-17(18)19-14-24(10-11-26-19)20(25)23-9-7-16(13-23)15-4-3-8-22-12-15/h2-4,6,8,10-12,14,16H,1,5,7,9,13H2. The van der Waals surface area contributed by atoms with Crippen LogP contribution in [0.15, 0.2) is 72.5 Å². The topological polar surface area (TPSA) is 45.7 Å². The maximum atomic E-state index is 14.0. The molecule has 0 bridgehead atoms. The first kappa shape index (κ1) is 16.6. The van der Waals surface area contributed by atoms with Gasteiger partial charge in [0.2, 0.25) is 0 Å². The normalized spacial score (nSPS) is 22.5. The van der Waals surface area contributed by atoms with E-state index < -0.39 is 0 Å². The molecule has 1 saturated heterocycles. The number of allylic oxidation sites excluding steroid dienone is 4. The molecule has 1 aromatic rings. The van der Waals surface area contributed by atoms with Crippen LogP contribution in [0.4, 0.5) is 9.18 Å². The zero-order valence-corrected chi connectivity index (χ0v) is 14.3. The first-order valence-electron chi connectivity index (χ1n) is 8.80. The third-order valence-corrected chi connectivity index (χ3v) is 4.92. The maximum absolute atomic E-state index is 14.0. The number of carbonyl (C=O) groups excluding carboxylic acids is 1. The van der Waals surface area contributed by atoms with E-state index >= 15 is 0 Å². The monoisotopic (exact) mass is 353 g/mol. The quantitative estimate of drug-likeness (QED) is 0.800. The second-order valence-corrected chi connectivity index (χ2v) is 6.57. The van der Waals surface area contributed by atoms with E-state index in [2.05, 4.69) is 4.98 Å². The summed E-state index contributed by atoms with van der Waals surface area (Å²) in [6.45, 7) is 1.34. The number of ether oxygens (including phenoxy) is 1. The van der Waals surface area contributed by atoms with E-state index in [0.29, 0.717) is 36.8 Å². The van der Waals surface area contributed by atoms with Gasteiger partial charge in [-0.2, -0.15) is 0 Å². The number of amides is 2. The molecule has 6 heteroatoms. The van der Waals surface area contributed by atoms with Gasteiger partial charge >= 0.3 is 6.03 Å². The zero-order valence-electron chi connectivity index (χ0n) is 14.3. The van der Waals surface area contributed by atoms with Gasteiger partial charge in [-0.05, 0) is 37.0 Å². The van der Waals surface area contributed by atoms with E-state index in [9.17, 15) is 9.18 Å². The highest BCUT2D eigenvalue weighted by Crippen LogP contribution is 2.31. The molecule has 3 aliphatic rings. The fraction of sp³-hybridized carbons (Fsp3) is 0.300. The number of urea groups is 1. The minimum atomic E-state index is -0.303. The minimum absolute atomic E-state index is 0.124. The van der Waals surface area contributed by atoms with Crippen LogP contribution in [-0.4, -0.2) is 33.9 Å². The summed E-state index contributed by atoms with van der Waals surface area (Å²) in [5, 5.41) is 0. The largest absolute Gasteiger partial charge is 0.462 e. The molecule has 0 radical (unpaired) electrons. The maximum Gasteiger partial charge on any atom is 0.328 e. The Morgan fingerprint density at radius 3 is 3.12 bits per heavy atom. The summed E-state index contributed by atoms with van der Waals surface area (Å²) in [5.41, 5.74) is 1.65. The molecule has 2 amide bonds.